The monoisotopic (exact) mass is 308 g/mol. The van der Waals surface area contributed by atoms with E-state index in [0.717, 1.165) is 49.8 Å². The molecule has 1 fully saturated rings. The summed E-state index contributed by atoms with van der Waals surface area (Å²) in [6.07, 6.45) is 2.66. The lowest BCUT2D eigenvalue weighted by Crippen LogP contribution is -2.40. The minimum atomic E-state index is 0.521. The number of aryl methyl sites for hydroxylation is 1. The molecule has 0 bridgehead atoms. The van der Waals surface area contributed by atoms with Crippen LogP contribution in [0.3, 0.4) is 0 Å². The lowest BCUT2D eigenvalue weighted by molar-refractivity contribution is 0.115. The SMILES string of the molecule is CCNC(=NCc1nnc(C)n1C)N(C)CCOCC1CC1. The summed E-state index contributed by atoms with van der Waals surface area (Å²) < 4.78 is 7.65. The van der Waals surface area contributed by atoms with Crippen molar-refractivity contribution in [2.24, 2.45) is 18.0 Å². The Morgan fingerprint density at radius 1 is 1.45 bits per heavy atom. The molecule has 0 amide bonds. The van der Waals surface area contributed by atoms with Gasteiger partial charge in [0.05, 0.1) is 6.61 Å². The second-order valence-corrected chi connectivity index (χ2v) is 5.83. The number of nitrogens with one attached hydrogen (secondary N) is 1. The van der Waals surface area contributed by atoms with Gasteiger partial charge in [-0.2, -0.15) is 0 Å². The van der Waals surface area contributed by atoms with E-state index < -0.39 is 0 Å². The zero-order chi connectivity index (χ0) is 15.9. The number of aromatic nitrogens is 3. The van der Waals surface area contributed by atoms with Crippen LogP contribution in [0.1, 0.15) is 31.4 Å². The quantitative estimate of drug-likeness (QED) is 0.440. The van der Waals surface area contributed by atoms with E-state index in [-0.39, 0.29) is 0 Å². The van der Waals surface area contributed by atoms with E-state index in [0.29, 0.717) is 6.54 Å². The van der Waals surface area contributed by atoms with Crippen molar-refractivity contribution in [1.82, 2.24) is 25.0 Å². The van der Waals surface area contributed by atoms with Crippen LogP contribution in [0.5, 0.6) is 0 Å². The van der Waals surface area contributed by atoms with Gasteiger partial charge in [-0.05, 0) is 32.6 Å². The Labute approximate surface area is 132 Å². The Balaban J connectivity index is 1.83. The molecule has 0 spiro atoms. The van der Waals surface area contributed by atoms with Crippen LogP contribution >= 0.6 is 0 Å². The fourth-order valence-corrected chi connectivity index (χ4v) is 2.05. The van der Waals surface area contributed by atoms with Crippen molar-refractivity contribution in [2.75, 3.05) is 33.4 Å². The van der Waals surface area contributed by atoms with Crippen LogP contribution in [0.4, 0.5) is 0 Å². The van der Waals surface area contributed by atoms with Crippen molar-refractivity contribution in [1.29, 1.82) is 0 Å². The van der Waals surface area contributed by atoms with Gasteiger partial charge in [0, 0.05) is 33.8 Å². The van der Waals surface area contributed by atoms with Crippen LogP contribution in [0.2, 0.25) is 0 Å². The molecular weight excluding hydrogens is 280 g/mol. The molecule has 7 nitrogen and oxygen atoms in total. The normalized spacial score (nSPS) is 15.2. The van der Waals surface area contributed by atoms with Crippen molar-refractivity contribution in [2.45, 2.75) is 33.2 Å². The lowest BCUT2D eigenvalue weighted by atomic mass is 10.5. The number of hydrogen-bond donors (Lipinski definition) is 1. The molecule has 1 saturated carbocycles. The van der Waals surface area contributed by atoms with Crippen molar-refractivity contribution in [3.63, 3.8) is 0 Å². The Morgan fingerprint density at radius 2 is 2.23 bits per heavy atom. The first-order valence-electron chi connectivity index (χ1n) is 8.03. The molecule has 0 unspecified atom stereocenters. The van der Waals surface area contributed by atoms with Gasteiger partial charge in [0.2, 0.25) is 0 Å². The van der Waals surface area contributed by atoms with Crippen LogP contribution in [-0.4, -0.2) is 59.0 Å². The number of guanidine groups is 1. The smallest absolute Gasteiger partial charge is 0.194 e. The van der Waals surface area contributed by atoms with Gasteiger partial charge in [-0.25, -0.2) is 4.99 Å². The summed E-state index contributed by atoms with van der Waals surface area (Å²) in [5.74, 6) is 3.45. The fourth-order valence-electron chi connectivity index (χ4n) is 2.05. The Kier molecular flexibility index (Phi) is 6.18. The molecule has 0 aliphatic heterocycles. The second kappa shape index (κ2) is 8.12. The second-order valence-electron chi connectivity index (χ2n) is 5.83. The van der Waals surface area contributed by atoms with Crippen molar-refractivity contribution >= 4 is 5.96 Å². The molecule has 1 N–H and O–H groups in total. The van der Waals surface area contributed by atoms with E-state index in [2.05, 4.69) is 32.3 Å². The summed E-state index contributed by atoms with van der Waals surface area (Å²) in [6.45, 7) is 7.84. The van der Waals surface area contributed by atoms with Gasteiger partial charge in [0.25, 0.3) is 0 Å². The molecule has 1 heterocycles. The lowest BCUT2D eigenvalue weighted by Gasteiger charge is -2.21. The van der Waals surface area contributed by atoms with Crippen molar-refractivity contribution < 1.29 is 4.74 Å². The van der Waals surface area contributed by atoms with Crippen molar-refractivity contribution in [3.8, 4) is 0 Å². The molecule has 1 aromatic heterocycles. The van der Waals surface area contributed by atoms with Crippen LogP contribution in [0, 0.1) is 12.8 Å². The van der Waals surface area contributed by atoms with Gasteiger partial charge in [0.15, 0.2) is 11.8 Å². The summed E-state index contributed by atoms with van der Waals surface area (Å²) in [7, 11) is 3.99. The number of ether oxygens (including phenoxy) is 1. The maximum absolute atomic E-state index is 5.69. The summed E-state index contributed by atoms with van der Waals surface area (Å²) in [5, 5.41) is 11.5. The average Bonchev–Trinajstić information content (AvgIpc) is 3.28. The van der Waals surface area contributed by atoms with Gasteiger partial charge >= 0.3 is 0 Å². The maximum Gasteiger partial charge on any atom is 0.194 e. The number of nitrogens with zero attached hydrogens (tertiary/aromatic N) is 5. The molecule has 2 rings (SSSR count). The summed E-state index contributed by atoms with van der Waals surface area (Å²) >= 11 is 0. The molecule has 7 heteroatoms. The highest BCUT2D eigenvalue weighted by Crippen LogP contribution is 2.28. The Morgan fingerprint density at radius 3 is 2.82 bits per heavy atom. The molecule has 0 atom stereocenters. The fraction of sp³-hybridized carbons (Fsp3) is 0.800. The largest absolute Gasteiger partial charge is 0.379 e. The summed E-state index contributed by atoms with van der Waals surface area (Å²) in [6, 6.07) is 0. The minimum Gasteiger partial charge on any atom is -0.379 e. The first kappa shape index (κ1) is 16.7. The highest BCUT2D eigenvalue weighted by Gasteiger charge is 2.21. The highest BCUT2D eigenvalue weighted by molar-refractivity contribution is 5.79. The van der Waals surface area contributed by atoms with E-state index in [1.165, 1.54) is 12.8 Å². The van der Waals surface area contributed by atoms with E-state index >= 15 is 0 Å². The van der Waals surface area contributed by atoms with Crippen LogP contribution in [0.25, 0.3) is 0 Å². The van der Waals surface area contributed by atoms with Gasteiger partial charge in [-0.3, -0.25) is 0 Å². The van der Waals surface area contributed by atoms with Gasteiger partial charge < -0.3 is 19.5 Å². The van der Waals surface area contributed by atoms with E-state index in [1.807, 2.05) is 25.6 Å². The highest BCUT2D eigenvalue weighted by atomic mass is 16.5. The molecule has 0 aromatic carbocycles. The Bertz CT molecular complexity index is 494. The molecule has 22 heavy (non-hydrogen) atoms. The first-order chi connectivity index (χ1) is 10.6. The molecule has 1 aliphatic rings. The van der Waals surface area contributed by atoms with Crippen molar-refractivity contribution in [3.05, 3.63) is 11.6 Å². The molecule has 124 valence electrons. The number of hydrogen-bond acceptors (Lipinski definition) is 4. The predicted octanol–water partition coefficient (Wildman–Crippen LogP) is 0.947. The first-order valence-corrected chi connectivity index (χ1v) is 8.03. The summed E-state index contributed by atoms with van der Waals surface area (Å²) in [4.78, 5) is 6.73. The van der Waals surface area contributed by atoms with Crippen LogP contribution < -0.4 is 5.32 Å². The van der Waals surface area contributed by atoms with E-state index in [9.17, 15) is 0 Å². The average molecular weight is 308 g/mol. The van der Waals surface area contributed by atoms with Crippen LogP contribution in [0.15, 0.2) is 4.99 Å². The molecule has 0 radical (unpaired) electrons. The van der Waals surface area contributed by atoms with E-state index in [1.54, 1.807) is 0 Å². The zero-order valence-electron chi connectivity index (χ0n) is 14.2. The minimum absolute atomic E-state index is 0.521. The molecule has 1 aliphatic carbocycles. The van der Waals surface area contributed by atoms with Gasteiger partial charge in [-0.15, -0.1) is 10.2 Å². The third-order valence-electron chi connectivity index (χ3n) is 3.87. The van der Waals surface area contributed by atoms with Gasteiger partial charge in [0.1, 0.15) is 12.4 Å². The number of aliphatic imine (C=N–C) groups is 1. The Hall–Kier alpha value is -1.63. The molecule has 1 aromatic rings. The third kappa shape index (κ3) is 4.98. The topological polar surface area (TPSA) is 67.6 Å². The summed E-state index contributed by atoms with van der Waals surface area (Å²) in [5.41, 5.74) is 0. The third-order valence-corrected chi connectivity index (χ3v) is 3.87. The van der Waals surface area contributed by atoms with Gasteiger partial charge in [-0.1, -0.05) is 0 Å². The molecular formula is C15H28N6O. The zero-order valence-corrected chi connectivity index (χ0v) is 14.2. The number of likely N-dealkylation sites (N-methyl/N-ethyl adjacent to an activating group) is 1. The van der Waals surface area contributed by atoms with E-state index in [4.69, 9.17) is 4.74 Å². The predicted molar refractivity (Wildman–Crippen MR) is 86.7 cm³/mol. The molecule has 0 saturated heterocycles. The maximum atomic E-state index is 5.69. The number of rotatable bonds is 8. The van der Waals surface area contributed by atoms with Crippen LogP contribution in [-0.2, 0) is 18.3 Å². The standard InChI is InChI=1S/C15H28N6O/c1-5-16-15(17-10-14-19-18-12(2)21(14)4)20(3)8-9-22-11-13-6-7-13/h13H,5-11H2,1-4H3,(H,16,17).